The Labute approximate surface area is 196 Å². The first-order chi connectivity index (χ1) is 16.0. The average Bonchev–Trinajstić information content (AvgIpc) is 3.44. The molecule has 1 aromatic carbocycles. The number of carbonyl (C=O) groups is 1. The molecule has 11 heteroatoms. The maximum Gasteiger partial charge on any atom is 0.281 e. The molecule has 4 heterocycles. The summed E-state index contributed by atoms with van der Waals surface area (Å²) >= 11 is 2.83. The molecule has 5 aromatic rings. The zero-order valence-electron chi connectivity index (χ0n) is 18.1. The molecule has 33 heavy (non-hydrogen) atoms. The minimum atomic E-state index is -0.354. The van der Waals surface area contributed by atoms with E-state index in [1.807, 2.05) is 55.8 Å². The lowest BCUT2D eigenvalue weighted by Crippen LogP contribution is -2.34. The number of hydrogen-bond donors (Lipinski definition) is 1. The van der Waals surface area contributed by atoms with Gasteiger partial charge in [-0.1, -0.05) is 42.1 Å². The second-order valence-corrected chi connectivity index (χ2v) is 9.03. The zero-order valence-corrected chi connectivity index (χ0v) is 19.7. The molecule has 0 aliphatic heterocycles. The van der Waals surface area contributed by atoms with Crippen molar-refractivity contribution < 1.29 is 4.79 Å². The summed E-state index contributed by atoms with van der Waals surface area (Å²) in [5, 5.41) is 7.42. The van der Waals surface area contributed by atoms with E-state index in [0.29, 0.717) is 26.8 Å². The Morgan fingerprint density at radius 3 is 2.73 bits per heavy atom. The molecule has 166 valence electrons. The molecular weight excluding hydrogens is 458 g/mol. The highest BCUT2D eigenvalue weighted by Crippen LogP contribution is 2.30. The van der Waals surface area contributed by atoms with Gasteiger partial charge in [0, 0.05) is 27.9 Å². The maximum absolute atomic E-state index is 13.2. The number of carbonyl (C=O) groups excluding carboxylic acids is 1. The van der Waals surface area contributed by atoms with Gasteiger partial charge >= 0.3 is 0 Å². The standard InChI is InChI=1S/C22H19N7O2S2/c1-12-15(13(2)29-21(24-12)25-22(27-29)32-3)9-17(30)26-28-11-23-19-18(20(28)31)16(10-33-19)14-7-5-4-6-8-14/h4-8,10-11H,9H2,1-3H3,(H,26,30). The highest BCUT2D eigenvalue weighted by molar-refractivity contribution is 7.98. The van der Waals surface area contributed by atoms with E-state index in [0.717, 1.165) is 27.1 Å². The third kappa shape index (κ3) is 3.79. The van der Waals surface area contributed by atoms with Gasteiger partial charge in [0.2, 0.25) is 11.1 Å². The van der Waals surface area contributed by atoms with Crippen LogP contribution in [0.15, 0.2) is 52.0 Å². The van der Waals surface area contributed by atoms with Crippen LogP contribution in [0.5, 0.6) is 0 Å². The monoisotopic (exact) mass is 477 g/mol. The molecule has 1 N–H and O–H groups in total. The smallest absolute Gasteiger partial charge is 0.273 e. The molecule has 0 saturated carbocycles. The highest BCUT2D eigenvalue weighted by atomic mass is 32.2. The molecular formula is C22H19N7O2S2. The van der Waals surface area contributed by atoms with Gasteiger partial charge < -0.3 is 0 Å². The van der Waals surface area contributed by atoms with E-state index in [2.05, 4.69) is 25.5 Å². The van der Waals surface area contributed by atoms with E-state index in [4.69, 9.17) is 0 Å². The number of hydrogen-bond acceptors (Lipinski definition) is 8. The number of thioether (sulfide) groups is 1. The number of rotatable bonds is 5. The lowest BCUT2D eigenvalue weighted by Gasteiger charge is -2.12. The van der Waals surface area contributed by atoms with E-state index >= 15 is 0 Å². The summed E-state index contributed by atoms with van der Waals surface area (Å²) < 4.78 is 2.78. The fraction of sp³-hybridized carbons (Fsp3) is 0.182. The van der Waals surface area contributed by atoms with Gasteiger partial charge in [-0.15, -0.1) is 16.4 Å². The molecule has 0 unspecified atom stereocenters. The molecule has 0 saturated heterocycles. The van der Waals surface area contributed by atoms with Gasteiger partial charge in [0.05, 0.1) is 11.8 Å². The zero-order chi connectivity index (χ0) is 23.1. The average molecular weight is 478 g/mol. The Kier molecular flexibility index (Phi) is 5.43. The number of benzene rings is 1. The van der Waals surface area contributed by atoms with Crippen molar-refractivity contribution in [2.45, 2.75) is 25.4 Å². The van der Waals surface area contributed by atoms with Crippen LogP contribution in [0.3, 0.4) is 0 Å². The summed E-state index contributed by atoms with van der Waals surface area (Å²) in [7, 11) is 0. The van der Waals surface area contributed by atoms with E-state index in [-0.39, 0.29) is 17.9 Å². The molecule has 0 aliphatic carbocycles. The van der Waals surface area contributed by atoms with E-state index < -0.39 is 0 Å². The number of amides is 1. The van der Waals surface area contributed by atoms with Crippen molar-refractivity contribution in [2.75, 3.05) is 11.7 Å². The second-order valence-electron chi connectivity index (χ2n) is 7.40. The molecule has 1 amide bonds. The van der Waals surface area contributed by atoms with Gasteiger partial charge in [-0.3, -0.25) is 15.0 Å². The first kappa shape index (κ1) is 21.3. The Bertz CT molecular complexity index is 1570. The van der Waals surface area contributed by atoms with Crippen LogP contribution >= 0.6 is 23.1 Å². The van der Waals surface area contributed by atoms with E-state index in [1.165, 1.54) is 29.4 Å². The normalized spacial score (nSPS) is 11.4. The van der Waals surface area contributed by atoms with Crippen LogP contribution in [-0.2, 0) is 11.2 Å². The molecule has 0 aliphatic rings. The lowest BCUT2D eigenvalue weighted by molar-refractivity contribution is -0.116. The van der Waals surface area contributed by atoms with Gasteiger partial charge in [0.15, 0.2) is 0 Å². The predicted octanol–water partition coefficient (Wildman–Crippen LogP) is 3.21. The molecule has 4 aromatic heterocycles. The quantitative estimate of drug-likeness (QED) is 0.387. The largest absolute Gasteiger partial charge is 0.281 e. The molecule has 9 nitrogen and oxygen atoms in total. The van der Waals surface area contributed by atoms with Crippen molar-refractivity contribution in [3.8, 4) is 11.1 Å². The minimum absolute atomic E-state index is 0.0364. The van der Waals surface area contributed by atoms with E-state index in [9.17, 15) is 9.59 Å². The summed E-state index contributed by atoms with van der Waals surface area (Å²) in [5.74, 6) is 0.141. The molecule has 0 radical (unpaired) electrons. The summed E-state index contributed by atoms with van der Waals surface area (Å²) in [4.78, 5) is 39.9. The van der Waals surface area contributed by atoms with Crippen LogP contribution < -0.4 is 11.0 Å². The number of nitrogens with one attached hydrogen (secondary N) is 1. The van der Waals surface area contributed by atoms with Gasteiger partial charge in [-0.2, -0.15) is 4.98 Å². The summed E-state index contributed by atoms with van der Waals surface area (Å²) in [5.41, 5.74) is 6.29. The van der Waals surface area contributed by atoms with Crippen LogP contribution in [0.4, 0.5) is 0 Å². The highest BCUT2D eigenvalue weighted by Gasteiger charge is 2.18. The Hall–Kier alpha value is -3.57. The topological polar surface area (TPSA) is 107 Å². The first-order valence-electron chi connectivity index (χ1n) is 10.1. The van der Waals surface area contributed by atoms with Crippen molar-refractivity contribution >= 4 is 45.0 Å². The van der Waals surface area contributed by atoms with Crippen LogP contribution in [0, 0.1) is 13.8 Å². The van der Waals surface area contributed by atoms with Gasteiger partial charge in [0.25, 0.3) is 11.3 Å². The maximum atomic E-state index is 13.2. The number of fused-ring (bicyclic) bond motifs is 2. The van der Waals surface area contributed by atoms with Crippen molar-refractivity contribution in [1.29, 1.82) is 0 Å². The lowest BCUT2D eigenvalue weighted by atomic mass is 10.1. The fourth-order valence-electron chi connectivity index (χ4n) is 3.71. The van der Waals surface area contributed by atoms with Crippen molar-refractivity contribution in [3.05, 3.63) is 69.3 Å². The van der Waals surface area contributed by atoms with Crippen LogP contribution in [0.25, 0.3) is 27.1 Å². The Morgan fingerprint density at radius 2 is 1.97 bits per heavy atom. The van der Waals surface area contributed by atoms with Crippen LogP contribution in [0.1, 0.15) is 17.0 Å². The van der Waals surface area contributed by atoms with Crippen LogP contribution in [-0.4, -0.2) is 41.4 Å². The van der Waals surface area contributed by atoms with Crippen molar-refractivity contribution in [1.82, 2.24) is 29.2 Å². The van der Waals surface area contributed by atoms with Crippen molar-refractivity contribution in [2.24, 2.45) is 0 Å². The second kappa shape index (κ2) is 8.41. The molecule has 0 fully saturated rings. The minimum Gasteiger partial charge on any atom is -0.273 e. The number of aryl methyl sites for hydroxylation is 2. The number of thiophene rings is 1. The first-order valence-corrected chi connectivity index (χ1v) is 12.2. The van der Waals surface area contributed by atoms with Gasteiger partial charge in [-0.25, -0.2) is 19.2 Å². The van der Waals surface area contributed by atoms with Crippen molar-refractivity contribution in [3.63, 3.8) is 0 Å². The Morgan fingerprint density at radius 1 is 1.18 bits per heavy atom. The van der Waals surface area contributed by atoms with Gasteiger partial charge in [-0.05, 0) is 25.7 Å². The fourth-order valence-corrected chi connectivity index (χ4v) is 4.95. The number of nitrogens with zero attached hydrogens (tertiary/aromatic N) is 6. The summed E-state index contributed by atoms with van der Waals surface area (Å²) in [6.45, 7) is 3.71. The number of aromatic nitrogens is 6. The van der Waals surface area contributed by atoms with Gasteiger partial charge in [0.1, 0.15) is 11.2 Å². The molecule has 5 rings (SSSR count). The third-order valence-corrected chi connectivity index (χ3v) is 6.80. The summed E-state index contributed by atoms with van der Waals surface area (Å²) in [6.07, 6.45) is 3.27. The SMILES string of the molecule is CSc1nc2nc(C)c(CC(=O)Nn3cnc4scc(-c5ccccc5)c4c3=O)c(C)n2n1. The molecule has 0 atom stereocenters. The van der Waals surface area contributed by atoms with E-state index in [1.54, 1.807) is 4.52 Å². The molecule has 0 bridgehead atoms. The van der Waals surface area contributed by atoms with Crippen LogP contribution in [0.2, 0.25) is 0 Å². The predicted molar refractivity (Wildman–Crippen MR) is 129 cm³/mol. The Balaban J connectivity index is 1.47. The summed E-state index contributed by atoms with van der Waals surface area (Å²) in [6, 6.07) is 9.65. The third-order valence-electron chi connectivity index (χ3n) is 5.37. The molecule has 0 spiro atoms.